The van der Waals surface area contributed by atoms with Crippen LogP contribution in [-0.4, -0.2) is 36.7 Å². The maximum absolute atomic E-state index is 12.0. The molecule has 1 atom stereocenters. The summed E-state index contributed by atoms with van der Waals surface area (Å²) in [5.74, 6) is 0.0702. The van der Waals surface area contributed by atoms with Crippen LogP contribution in [0.5, 0.6) is 0 Å². The van der Waals surface area contributed by atoms with Crippen molar-refractivity contribution in [2.24, 2.45) is 5.92 Å². The van der Waals surface area contributed by atoms with Crippen molar-refractivity contribution in [2.75, 3.05) is 25.0 Å². The lowest BCUT2D eigenvalue weighted by Crippen LogP contribution is -2.40. The summed E-state index contributed by atoms with van der Waals surface area (Å²) in [6.45, 7) is 3.92. The largest absolute Gasteiger partial charge is 0.325 e. The predicted octanol–water partition coefficient (Wildman–Crippen LogP) is 1.84. The van der Waals surface area contributed by atoms with E-state index in [1.54, 1.807) is 0 Å². The Bertz CT molecular complexity index is 459. The summed E-state index contributed by atoms with van der Waals surface area (Å²) in [6.07, 6.45) is 2.94. The zero-order chi connectivity index (χ0) is 13.7. The molecule has 4 nitrogen and oxygen atoms in total. The molecule has 0 aromatic heterocycles. The molecule has 0 radical (unpaired) electrons. The molecular formula is C15H20N2O2. The third kappa shape index (κ3) is 3.89. The Morgan fingerprint density at radius 2 is 2.26 bits per heavy atom. The fourth-order valence-corrected chi connectivity index (χ4v) is 2.45. The minimum Gasteiger partial charge on any atom is -0.325 e. The van der Waals surface area contributed by atoms with E-state index in [-0.39, 0.29) is 11.8 Å². The molecule has 1 heterocycles. The van der Waals surface area contributed by atoms with Gasteiger partial charge in [0.05, 0.1) is 6.54 Å². The predicted molar refractivity (Wildman–Crippen MR) is 75.0 cm³/mol. The number of hydrogen-bond acceptors (Lipinski definition) is 3. The van der Waals surface area contributed by atoms with Crippen LogP contribution in [0.1, 0.15) is 18.4 Å². The number of benzene rings is 1. The molecule has 4 heteroatoms. The number of carbonyl (C=O) groups excluding carboxylic acids is 2. The highest BCUT2D eigenvalue weighted by Gasteiger charge is 2.21. The van der Waals surface area contributed by atoms with E-state index in [0.29, 0.717) is 13.1 Å². The SMILES string of the molecule is Cc1ccccc1NC(=O)CN1CCCC(C=O)C1. The minimum absolute atomic E-state index is 0.0131. The van der Waals surface area contributed by atoms with Crippen LogP contribution in [0.15, 0.2) is 24.3 Å². The maximum Gasteiger partial charge on any atom is 0.238 e. The van der Waals surface area contributed by atoms with Crippen LogP contribution < -0.4 is 5.32 Å². The number of nitrogens with one attached hydrogen (secondary N) is 1. The molecule has 0 bridgehead atoms. The number of carbonyl (C=O) groups is 2. The summed E-state index contributed by atoms with van der Waals surface area (Å²) in [7, 11) is 0. The van der Waals surface area contributed by atoms with Gasteiger partial charge in [-0.3, -0.25) is 9.69 Å². The lowest BCUT2D eigenvalue weighted by Gasteiger charge is -2.29. The van der Waals surface area contributed by atoms with Crippen molar-refractivity contribution in [1.82, 2.24) is 4.90 Å². The molecule has 1 amide bonds. The molecule has 1 aliphatic rings. The number of piperidine rings is 1. The Hall–Kier alpha value is -1.68. The standard InChI is InChI=1S/C15H20N2O2/c1-12-5-2-3-7-14(12)16-15(19)10-17-8-4-6-13(9-17)11-18/h2-3,5,7,11,13H,4,6,8-10H2,1H3,(H,16,19). The van der Waals surface area contributed by atoms with Crippen LogP contribution in [-0.2, 0) is 9.59 Å². The first-order valence-corrected chi connectivity index (χ1v) is 6.72. The average Bonchev–Trinajstić information content (AvgIpc) is 2.41. The molecule has 1 fully saturated rings. The first-order valence-electron chi connectivity index (χ1n) is 6.72. The van der Waals surface area contributed by atoms with E-state index < -0.39 is 0 Å². The van der Waals surface area contributed by atoms with Crippen molar-refractivity contribution in [3.8, 4) is 0 Å². The number of amides is 1. The number of anilines is 1. The van der Waals surface area contributed by atoms with E-state index in [1.165, 1.54) is 0 Å². The molecule has 1 unspecified atom stereocenters. The van der Waals surface area contributed by atoms with E-state index in [0.717, 1.165) is 36.9 Å². The molecule has 19 heavy (non-hydrogen) atoms. The fraction of sp³-hybridized carbons (Fsp3) is 0.467. The maximum atomic E-state index is 12.0. The molecule has 102 valence electrons. The van der Waals surface area contributed by atoms with Gasteiger partial charge in [-0.05, 0) is 37.9 Å². The van der Waals surface area contributed by atoms with Gasteiger partial charge in [-0.2, -0.15) is 0 Å². The Balaban J connectivity index is 1.87. The van der Waals surface area contributed by atoms with Gasteiger partial charge in [0, 0.05) is 18.2 Å². The Morgan fingerprint density at radius 3 is 3.00 bits per heavy atom. The van der Waals surface area contributed by atoms with Crippen molar-refractivity contribution in [3.63, 3.8) is 0 Å². The van der Waals surface area contributed by atoms with Gasteiger partial charge in [0.15, 0.2) is 0 Å². The zero-order valence-corrected chi connectivity index (χ0v) is 11.3. The number of likely N-dealkylation sites (tertiary alicyclic amines) is 1. The van der Waals surface area contributed by atoms with Gasteiger partial charge >= 0.3 is 0 Å². The number of aryl methyl sites for hydroxylation is 1. The summed E-state index contributed by atoms with van der Waals surface area (Å²) in [6, 6.07) is 7.73. The molecule has 0 saturated carbocycles. The van der Waals surface area contributed by atoms with Crippen LogP contribution in [0, 0.1) is 12.8 Å². The molecule has 1 aromatic rings. The molecule has 1 N–H and O–H groups in total. The third-order valence-corrected chi connectivity index (χ3v) is 3.52. The summed E-state index contributed by atoms with van der Waals surface area (Å²) in [4.78, 5) is 24.8. The Kier molecular flexibility index (Phi) is 4.68. The van der Waals surface area contributed by atoms with Crippen LogP contribution in [0.2, 0.25) is 0 Å². The van der Waals surface area contributed by atoms with Gasteiger partial charge in [0.25, 0.3) is 0 Å². The first kappa shape index (κ1) is 13.7. The second-order valence-electron chi connectivity index (χ2n) is 5.14. The van der Waals surface area contributed by atoms with E-state index in [4.69, 9.17) is 0 Å². The van der Waals surface area contributed by atoms with Crippen LogP contribution >= 0.6 is 0 Å². The van der Waals surface area contributed by atoms with Gasteiger partial charge in [-0.1, -0.05) is 18.2 Å². The van der Waals surface area contributed by atoms with E-state index in [1.807, 2.05) is 31.2 Å². The smallest absolute Gasteiger partial charge is 0.238 e. The topological polar surface area (TPSA) is 49.4 Å². The summed E-state index contributed by atoms with van der Waals surface area (Å²) < 4.78 is 0. The van der Waals surface area contributed by atoms with Crippen molar-refractivity contribution in [2.45, 2.75) is 19.8 Å². The molecule has 0 spiro atoms. The second kappa shape index (κ2) is 6.48. The third-order valence-electron chi connectivity index (χ3n) is 3.52. The van der Waals surface area contributed by atoms with Gasteiger partial charge in [0.1, 0.15) is 6.29 Å². The van der Waals surface area contributed by atoms with Crippen molar-refractivity contribution in [3.05, 3.63) is 29.8 Å². The highest BCUT2D eigenvalue weighted by atomic mass is 16.2. The minimum atomic E-state index is -0.0131. The Labute approximate surface area is 113 Å². The summed E-state index contributed by atoms with van der Waals surface area (Å²) >= 11 is 0. The Morgan fingerprint density at radius 1 is 1.47 bits per heavy atom. The normalized spacial score (nSPS) is 19.9. The highest BCUT2D eigenvalue weighted by Crippen LogP contribution is 2.15. The van der Waals surface area contributed by atoms with Crippen molar-refractivity contribution < 1.29 is 9.59 Å². The molecule has 0 aliphatic carbocycles. The lowest BCUT2D eigenvalue weighted by atomic mass is 10.00. The molecule has 2 rings (SSSR count). The molecule has 1 saturated heterocycles. The lowest BCUT2D eigenvalue weighted by molar-refractivity contribution is -0.119. The summed E-state index contributed by atoms with van der Waals surface area (Å²) in [5.41, 5.74) is 1.91. The van der Waals surface area contributed by atoms with Gasteiger partial charge < -0.3 is 10.1 Å². The van der Waals surface area contributed by atoms with E-state index in [2.05, 4.69) is 10.2 Å². The first-order chi connectivity index (χ1) is 9.19. The van der Waals surface area contributed by atoms with Crippen LogP contribution in [0.4, 0.5) is 5.69 Å². The van der Waals surface area contributed by atoms with Gasteiger partial charge in [-0.15, -0.1) is 0 Å². The molecule has 1 aromatic carbocycles. The van der Waals surface area contributed by atoms with Gasteiger partial charge in [-0.25, -0.2) is 0 Å². The molecule has 1 aliphatic heterocycles. The number of rotatable bonds is 4. The van der Waals surface area contributed by atoms with Gasteiger partial charge in [0.2, 0.25) is 5.91 Å². The van der Waals surface area contributed by atoms with Crippen LogP contribution in [0.3, 0.4) is 0 Å². The monoisotopic (exact) mass is 260 g/mol. The zero-order valence-electron chi connectivity index (χ0n) is 11.3. The average molecular weight is 260 g/mol. The molecular weight excluding hydrogens is 240 g/mol. The quantitative estimate of drug-likeness (QED) is 0.840. The highest BCUT2D eigenvalue weighted by molar-refractivity contribution is 5.92. The number of para-hydroxylation sites is 1. The number of hydrogen-bond donors (Lipinski definition) is 1. The number of aldehydes is 1. The van der Waals surface area contributed by atoms with Crippen LogP contribution in [0.25, 0.3) is 0 Å². The number of nitrogens with zero attached hydrogens (tertiary/aromatic N) is 1. The van der Waals surface area contributed by atoms with E-state index in [9.17, 15) is 9.59 Å². The van der Waals surface area contributed by atoms with Crippen molar-refractivity contribution >= 4 is 17.9 Å². The second-order valence-corrected chi connectivity index (χ2v) is 5.14. The summed E-state index contributed by atoms with van der Waals surface area (Å²) in [5, 5.41) is 2.92. The van der Waals surface area contributed by atoms with E-state index >= 15 is 0 Å². The fourth-order valence-electron chi connectivity index (χ4n) is 2.45. The van der Waals surface area contributed by atoms with Crippen molar-refractivity contribution in [1.29, 1.82) is 0 Å².